The molecule has 78 valence electrons. The summed E-state index contributed by atoms with van der Waals surface area (Å²) >= 11 is 0. The van der Waals surface area contributed by atoms with E-state index >= 15 is 0 Å². The zero-order chi connectivity index (χ0) is 11.6. The highest BCUT2D eigenvalue weighted by molar-refractivity contribution is 7.45. The zero-order valence-corrected chi connectivity index (χ0v) is 8.10. The molecule has 6 nitrogen and oxygen atoms in total. The Morgan fingerprint density at radius 2 is 1.47 bits per heavy atom. The van der Waals surface area contributed by atoms with Gasteiger partial charge in [0, 0.05) is 12.1 Å². The van der Waals surface area contributed by atoms with Crippen molar-refractivity contribution in [2.75, 3.05) is 0 Å². The topological polar surface area (TPSA) is 115 Å². The molecule has 15 heavy (non-hydrogen) atoms. The molecule has 1 atom stereocenters. The monoisotopic (exact) mass is 228 g/mol. The summed E-state index contributed by atoms with van der Waals surface area (Å²) in [5.74, 6) is -2.76. The molecule has 0 aromatic heterocycles. The van der Waals surface area contributed by atoms with Crippen LogP contribution in [0.1, 0.15) is 20.7 Å². The van der Waals surface area contributed by atoms with Gasteiger partial charge in [0.05, 0.1) is 11.1 Å². The summed E-state index contributed by atoms with van der Waals surface area (Å²) in [6, 6.07) is 2.70. The van der Waals surface area contributed by atoms with Crippen molar-refractivity contribution in [2.24, 2.45) is 0 Å². The Bertz CT molecular complexity index is 373. The van der Waals surface area contributed by atoms with Gasteiger partial charge in [0.15, 0.2) is 5.30 Å². The standard InChI is InChI=1S/C8H5O6P/c9-7(10)4-1-5(8(11)12)3-6(2-4)15(13)14/h1-3H,(H,9,10)(H,11,12). The number of carbonyl (C=O) groups is 2. The lowest BCUT2D eigenvalue weighted by Gasteiger charge is -1.98. The van der Waals surface area contributed by atoms with Crippen molar-refractivity contribution in [1.29, 1.82) is 0 Å². The molecule has 1 aromatic carbocycles. The fourth-order valence-electron chi connectivity index (χ4n) is 0.964. The summed E-state index contributed by atoms with van der Waals surface area (Å²) in [5.41, 5.74) is -0.742. The molecule has 0 bridgehead atoms. The van der Waals surface area contributed by atoms with E-state index in [1.165, 1.54) is 0 Å². The van der Waals surface area contributed by atoms with Gasteiger partial charge in [-0.3, -0.25) is 0 Å². The van der Waals surface area contributed by atoms with Crippen molar-refractivity contribution >= 4 is 25.3 Å². The molecule has 1 unspecified atom stereocenters. The minimum Gasteiger partial charge on any atom is -0.591 e. The van der Waals surface area contributed by atoms with Gasteiger partial charge in [-0.05, 0) is 6.07 Å². The average molecular weight is 228 g/mol. The van der Waals surface area contributed by atoms with Crippen molar-refractivity contribution in [3.63, 3.8) is 0 Å². The van der Waals surface area contributed by atoms with E-state index in [0.717, 1.165) is 18.2 Å². The third kappa shape index (κ3) is 2.59. The molecule has 0 radical (unpaired) electrons. The second-order valence-corrected chi connectivity index (χ2v) is 3.67. The number of carboxylic acids is 2. The maximum absolute atomic E-state index is 10.6. The third-order valence-electron chi connectivity index (χ3n) is 1.62. The van der Waals surface area contributed by atoms with Crippen molar-refractivity contribution in [3.05, 3.63) is 29.3 Å². The summed E-state index contributed by atoms with van der Waals surface area (Å²) in [6.45, 7) is 0. The number of carboxylic acid groups (broad SMARTS) is 2. The molecular weight excluding hydrogens is 223 g/mol. The van der Waals surface area contributed by atoms with Crippen LogP contribution in [-0.4, -0.2) is 22.2 Å². The molecule has 0 heterocycles. The van der Waals surface area contributed by atoms with Gasteiger partial charge in [-0.2, -0.15) is 0 Å². The Labute approximate surface area is 84.7 Å². The van der Waals surface area contributed by atoms with Crippen LogP contribution >= 0.6 is 8.03 Å². The van der Waals surface area contributed by atoms with Gasteiger partial charge >= 0.3 is 20.0 Å². The van der Waals surface area contributed by atoms with Crippen molar-refractivity contribution < 1.29 is 29.3 Å². The van der Waals surface area contributed by atoms with E-state index in [9.17, 15) is 19.0 Å². The number of hydrogen-bond donors (Lipinski definition) is 2. The summed E-state index contributed by atoms with van der Waals surface area (Å²) in [4.78, 5) is 31.7. The van der Waals surface area contributed by atoms with E-state index in [-0.39, 0.29) is 16.4 Å². The molecule has 0 fully saturated rings. The lowest BCUT2D eigenvalue weighted by atomic mass is 10.1. The van der Waals surface area contributed by atoms with Gasteiger partial charge in [-0.25, -0.2) is 9.59 Å². The Morgan fingerprint density at radius 3 is 1.73 bits per heavy atom. The molecule has 1 rings (SSSR count). The normalized spacial score (nSPS) is 10.9. The maximum atomic E-state index is 10.6. The van der Waals surface area contributed by atoms with E-state index in [1.807, 2.05) is 0 Å². The summed E-state index contributed by atoms with van der Waals surface area (Å²) < 4.78 is 10.6. The van der Waals surface area contributed by atoms with Crippen LogP contribution < -0.4 is 10.2 Å². The Morgan fingerprint density at radius 1 is 1.07 bits per heavy atom. The minimum absolute atomic E-state index is 0.331. The predicted molar refractivity (Wildman–Crippen MR) is 47.6 cm³/mol. The molecule has 7 heteroatoms. The van der Waals surface area contributed by atoms with E-state index in [1.54, 1.807) is 0 Å². The van der Waals surface area contributed by atoms with Crippen molar-refractivity contribution in [1.82, 2.24) is 0 Å². The van der Waals surface area contributed by atoms with Crippen molar-refractivity contribution in [3.8, 4) is 0 Å². The molecule has 2 N–H and O–H groups in total. The molecule has 0 aliphatic heterocycles. The fraction of sp³-hybridized carbons (Fsp3) is 0. The molecule has 0 saturated carbocycles. The van der Waals surface area contributed by atoms with Gasteiger partial charge in [0.25, 0.3) is 0 Å². The van der Waals surface area contributed by atoms with E-state index in [4.69, 9.17) is 10.2 Å². The fourth-order valence-corrected chi connectivity index (χ4v) is 1.45. The number of aromatic carboxylic acids is 2. The molecule has 0 spiro atoms. The van der Waals surface area contributed by atoms with E-state index in [0.29, 0.717) is 0 Å². The molecule has 0 saturated heterocycles. The zero-order valence-electron chi connectivity index (χ0n) is 7.21. The van der Waals surface area contributed by atoms with Gasteiger partial charge < -0.3 is 15.1 Å². The highest BCUT2D eigenvalue weighted by Gasteiger charge is 2.17. The maximum Gasteiger partial charge on any atom is 0.348 e. The van der Waals surface area contributed by atoms with Crippen LogP contribution in [0.3, 0.4) is 0 Å². The van der Waals surface area contributed by atoms with Gasteiger partial charge in [-0.1, -0.05) is 4.57 Å². The van der Waals surface area contributed by atoms with Crippen LogP contribution in [0.25, 0.3) is 0 Å². The summed E-state index contributed by atoms with van der Waals surface area (Å²) in [6.07, 6.45) is 0. The Kier molecular flexibility index (Phi) is 3.14. The molecule has 1 aromatic rings. The second kappa shape index (κ2) is 4.16. The smallest absolute Gasteiger partial charge is 0.348 e. The molecular formula is C8H5O6P. The SMILES string of the molecule is O=C(O)c1cc(C(=O)O)cc([P+](=O)[O-])c1. The van der Waals surface area contributed by atoms with Crippen LogP contribution in [0.15, 0.2) is 18.2 Å². The van der Waals surface area contributed by atoms with Gasteiger partial charge in [0.1, 0.15) is 0 Å². The lowest BCUT2D eigenvalue weighted by Crippen LogP contribution is -2.12. The first-order valence-corrected chi connectivity index (χ1v) is 4.85. The molecule has 0 aliphatic rings. The van der Waals surface area contributed by atoms with Crippen LogP contribution in [0.2, 0.25) is 0 Å². The first-order chi connectivity index (χ1) is 6.91. The van der Waals surface area contributed by atoms with Gasteiger partial charge in [0.2, 0.25) is 0 Å². The Balaban J connectivity index is 3.39. The minimum atomic E-state index is -3.00. The van der Waals surface area contributed by atoms with Crippen LogP contribution in [-0.2, 0) is 4.57 Å². The molecule has 0 aliphatic carbocycles. The van der Waals surface area contributed by atoms with Crippen LogP contribution in [0.4, 0.5) is 0 Å². The van der Waals surface area contributed by atoms with E-state index < -0.39 is 20.0 Å². The second-order valence-electron chi connectivity index (χ2n) is 2.64. The lowest BCUT2D eigenvalue weighted by molar-refractivity contribution is -0.160. The average Bonchev–Trinajstić information content (AvgIpc) is 2.16. The highest BCUT2D eigenvalue weighted by atomic mass is 31.1. The van der Waals surface area contributed by atoms with Crippen LogP contribution in [0, 0.1) is 0 Å². The largest absolute Gasteiger partial charge is 0.591 e. The number of rotatable bonds is 3. The summed E-state index contributed by atoms with van der Waals surface area (Å²) in [7, 11) is -3.00. The van der Waals surface area contributed by atoms with Gasteiger partial charge in [-0.15, -0.1) is 0 Å². The first kappa shape index (κ1) is 11.3. The predicted octanol–water partition coefficient (Wildman–Crippen LogP) is -0.189. The third-order valence-corrected chi connectivity index (χ3v) is 2.30. The first-order valence-electron chi connectivity index (χ1n) is 3.68. The number of hydrogen-bond acceptors (Lipinski definition) is 4. The Hall–Kier alpha value is -1.78. The van der Waals surface area contributed by atoms with Crippen molar-refractivity contribution in [2.45, 2.75) is 0 Å². The quantitative estimate of drug-likeness (QED) is 0.693. The van der Waals surface area contributed by atoms with Crippen LogP contribution in [0.5, 0.6) is 0 Å². The summed E-state index contributed by atoms with van der Waals surface area (Å²) in [5, 5.41) is 16.9. The number of benzene rings is 1. The van der Waals surface area contributed by atoms with E-state index in [2.05, 4.69) is 0 Å². The highest BCUT2D eigenvalue weighted by Crippen LogP contribution is 2.12. The molecule has 0 amide bonds.